The van der Waals surface area contributed by atoms with E-state index in [4.69, 9.17) is 5.73 Å². The third-order valence-electron chi connectivity index (χ3n) is 3.46. The molecule has 2 N–H and O–H groups in total. The minimum Gasteiger partial charge on any atom is -0.327 e. The van der Waals surface area contributed by atoms with Gasteiger partial charge in [0, 0.05) is 9.61 Å². The molecule has 0 aliphatic carbocycles. The molecule has 0 aliphatic heterocycles. The van der Waals surface area contributed by atoms with E-state index in [0.29, 0.717) is 0 Å². The molecule has 1 atom stereocenters. The van der Waals surface area contributed by atoms with Gasteiger partial charge in [-0.15, -0.1) is 0 Å². The van der Waals surface area contributed by atoms with Crippen molar-refractivity contribution in [3.63, 3.8) is 0 Å². The van der Waals surface area contributed by atoms with Crippen LogP contribution in [-0.2, 0) is 12.8 Å². The molecule has 100 valence electrons. The van der Waals surface area contributed by atoms with Gasteiger partial charge < -0.3 is 5.73 Å². The molecule has 0 aromatic heterocycles. The quantitative estimate of drug-likeness (QED) is 0.794. The zero-order chi connectivity index (χ0) is 13.7. The van der Waals surface area contributed by atoms with Gasteiger partial charge in [0.05, 0.1) is 0 Å². The molecule has 0 fully saturated rings. The third kappa shape index (κ3) is 4.62. The monoisotopic (exact) mass is 365 g/mol. The highest BCUT2D eigenvalue weighted by Gasteiger charge is 2.06. The van der Waals surface area contributed by atoms with Crippen LogP contribution in [0.15, 0.2) is 48.5 Å². The molecule has 0 amide bonds. The Kier molecular flexibility index (Phi) is 5.40. The number of hydrogen-bond donors (Lipinski definition) is 1. The molecule has 0 heterocycles. The summed E-state index contributed by atoms with van der Waals surface area (Å²) in [7, 11) is 0. The predicted molar refractivity (Wildman–Crippen MR) is 90.3 cm³/mol. The van der Waals surface area contributed by atoms with E-state index in [-0.39, 0.29) is 6.04 Å². The third-order valence-corrected chi connectivity index (χ3v) is 4.18. The van der Waals surface area contributed by atoms with Crippen molar-refractivity contribution in [2.75, 3.05) is 0 Å². The summed E-state index contributed by atoms with van der Waals surface area (Å²) in [6, 6.07) is 17.4. The number of benzene rings is 2. The fourth-order valence-electron chi connectivity index (χ4n) is 2.26. The van der Waals surface area contributed by atoms with Crippen molar-refractivity contribution in [3.8, 4) is 0 Å². The van der Waals surface area contributed by atoms with Crippen molar-refractivity contribution in [1.29, 1.82) is 0 Å². The van der Waals surface area contributed by atoms with Gasteiger partial charge in [0.2, 0.25) is 0 Å². The van der Waals surface area contributed by atoms with E-state index in [1.807, 2.05) is 0 Å². The standard InChI is InChI=1S/C17H20IN/c1-13-4-2-3-5-15(13)8-11-17(19)12-14-6-9-16(18)10-7-14/h2-7,9-10,17H,8,11-12,19H2,1H3. The molecular formula is C17H20IN. The molecule has 0 saturated carbocycles. The van der Waals surface area contributed by atoms with Gasteiger partial charge in [-0.2, -0.15) is 0 Å². The molecule has 2 rings (SSSR count). The smallest absolute Gasteiger partial charge is 0.0130 e. The topological polar surface area (TPSA) is 26.0 Å². The molecule has 1 nitrogen and oxygen atoms in total. The lowest BCUT2D eigenvalue weighted by Gasteiger charge is -2.13. The second kappa shape index (κ2) is 7.06. The first kappa shape index (κ1) is 14.5. The average molecular weight is 365 g/mol. The van der Waals surface area contributed by atoms with Crippen molar-refractivity contribution in [3.05, 3.63) is 68.8 Å². The van der Waals surface area contributed by atoms with Crippen molar-refractivity contribution in [2.24, 2.45) is 5.73 Å². The maximum absolute atomic E-state index is 6.24. The zero-order valence-corrected chi connectivity index (χ0v) is 13.4. The van der Waals surface area contributed by atoms with Gasteiger partial charge in [-0.25, -0.2) is 0 Å². The molecule has 0 aliphatic rings. The first-order valence-electron chi connectivity index (χ1n) is 6.69. The van der Waals surface area contributed by atoms with Crippen molar-refractivity contribution in [1.82, 2.24) is 0 Å². The molecule has 0 saturated heterocycles. The zero-order valence-electron chi connectivity index (χ0n) is 11.3. The summed E-state index contributed by atoms with van der Waals surface area (Å²) in [4.78, 5) is 0. The van der Waals surface area contributed by atoms with Crippen LogP contribution in [0.1, 0.15) is 23.1 Å². The fraction of sp³-hybridized carbons (Fsp3) is 0.294. The minimum atomic E-state index is 0.236. The van der Waals surface area contributed by atoms with Gasteiger partial charge in [0.25, 0.3) is 0 Å². The van der Waals surface area contributed by atoms with Gasteiger partial charge in [-0.05, 0) is 77.6 Å². The van der Waals surface area contributed by atoms with Crippen LogP contribution in [-0.4, -0.2) is 6.04 Å². The average Bonchev–Trinajstić information content (AvgIpc) is 2.40. The first-order chi connectivity index (χ1) is 9.15. The number of hydrogen-bond acceptors (Lipinski definition) is 1. The summed E-state index contributed by atoms with van der Waals surface area (Å²) in [5, 5.41) is 0. The largest absolute Gasteiger partial charge is 0.327 e. The fourth-order valence-corrected chi connectivity index (χ4v) is 2.62. The molecule has 2 heteroatoms. The van der Waals surface area contributed by atoms with Crippen molar-refractivity contribution < 1.29 is 0 Å². The summed E-state index contributed by atoms with van der Waals surface area (Å²) in [6.45, 7) is 2.17. The van der Waals surface area contributed by atoms with E-state index in [2.05, 4.69) is 78.0 Å². The number of nitrogens with two attached hydrogens (primary N) is 1. The number of halogens is 1. The summed E-state index contributed by atoms with van der Waals surface area (Å²) in [6.07, 6.45) is 3.07. The molecule has 0 spiro atoms. The second-order valence-electron chi connectivity index (χ2n) is 5.06. The Morgan fingerprint density at radius 1 is 1.05 bits per heavy atom. The maximum atomic E-state index is 6.24. The molecule has 2 aromatic carbocycles. The first-order valence-corrected chi connectivity index (χ1v) is 7.77. The van der Waals surface area contributed by atoms with E-state index < -0.39 is 0 Å². The van der Waals surface area contributed by atoms with Crippen LogP contribution in [0.3, 0.4) is 0 Å². The highest BCUT2D eigenvalue weighted by Crippen LogP contribution is 2.13. The van der Waals surface area contributed by atoms with E-state index in [1.54, 1.807) is 0 Å². The summed E-state index contributed by atoms with van der Waals surface area (Å²) in [5.41, 5.74) is 10.4. The molecular weight excluding hydrogens is 345 g/mol. The Labute approximate surface area is 129 Å². The number of aryl methyl sites for hydroxylation is 2. The van der Waals surface area contributed by atoms with Crippen LogP contribution >= 0.6 is 22.6 Å². The van der Waals surface area contributed by atoms with Crippen LogP contribution in [0.25, 0.3) is 0 Å². The lowest BCUT2D eigenvalue weighted by Crippen LogP contribution is -2.23. The predicted octanol–water partition coefficient (Wildman–Crippen LogP) is 4.10. The second-order valence-corrected chi connectivity index (χ2v) is 6.30. The Morgan fingerprint density at radius 2 is 1.74 bits per heavy atom. The highest BCUT2D eigenvalue weighted by molar-refractivity contribution is 14.1. The van der Waals surface area contributed by atoms with Gasteiger partial charge >= 0.3 is 0 Å². The number of rotatable bonds is 5. The van der Waals surface area contributed by atoms with Crippen LogP contribution in [0.5, 0.6) is 0 Å². The van der Waals surface area contributed by atoms with Crippen molar-refractivity contribution in [2.45, 2.75) is 32.2 Å². The van der Waals surface area contributed by atoms with Crippen molar-refractivity contribution >= 4 is 22.6 Å². The lowest BCUT2D eigenvalue weighted by atomic mass is 9.98. The van der Waals surface area contributed by atoms with E-state index in [1.165, 1.54) is 20.3 Å². The maximum Gasteiger partial charge on any atom is 0.0130 e. The Balaban J connectivity index is 1.86. The minimum absolute atomic E-state index is 0.236. The van der Waals surface area contributed by atoms with Crippen LogP contribution in [0.4, 0.5) is 0 Å². The molecule has 0 bridgehead atoms. The van der Waals surface area contributed by atoms with E-state index in [9.17, 15) is 0 Å². The van der Waals surface area contributed by atoms with Gasteiger partial charge in [0.15, 0.2) is 0 Å². The van der Waals surface area contributed by atoms with Crippen LogP contribution < -0.4 is 5.73 Å². The summed E-state index contributed by atoms with van der Waals surface area (Å²) < 4.78 is 1.27. The Hall–Kier alpha value is -0.870. The van der Waals surface area contributed by atoms with E-state index >= 15 is 0 Å². The van der Waals surface area contributed by atoms with Crippen LogP contribution in [0.2, 0.25) is 0 Å². The van der Waals surface area contributed by atoms with Gasteiger partial charge in [-0.1, -0.05) is 36.4 Å². The summed E-state index contributed by atoms with van der Waals surface area (Å²) >= 11 is 2.33. The normalized spacial score (nSPS) is 12.4. The molecule has 19 heavy (non-hydrogen) atoms. The molecule has 2 aromatic rings. The lowest BCUT2D eigenvalue weighted by molar-refractivity contribution is 0.609. The molecule has 1 unspecified atom stereocenters. The van der Waals surface area contributed by atoms with Gasteiger partial charge in [-0.3, -0.25) is 0 Å². The Morgan fingerprint density at radius 3 is 2.42 bits per heavy atom. The SMILES string of the molecule is Cc1ccccc1CCC(N)Cc1ccc(I)cc1. The van der Waals surface area contributed by atoms with Crippen LogP contribution in [0, 0.1) is 10.5 Å². The van der Waals surface area contributed by atoms with Gasteiger partial charge in [0.1, 0.15) is 0 Å². The molecule has 0 radical (unpaired) electrons. The van der Waals surface area contributed by atoms with E-state index in [0.717, 1.165) is 19.3 Å². The Bertz CT molecular complexity index is 519. The highest BCUT2D eigenvalue weighted by atomic mass is 127. The summed E-state index contributed by atoms with van der Waals surface area (Å²) in [5.74, 6) is 0.